The van der Waals surface area contributed by atoms with Crippen molar-refractivity contribution in [1.82, 2.24) is 4.31 Å². The Morgan fingerprint density at radius 3 is 2.42 bits per heavy atom. The molecule has 1 saturated carbocycles. The average Bonchev–Trinajstić information content (AvgIpc) is 3.36. The molecule has 1 N–H and O–H groups in total. The van der Waals surface area contributed by atoms with Crippen molar-refractivity contribution in [2.45, 2.75) is 43.9 Å². The lowest BCUT2D eigenvalue weighted by Crippen LogP contribution is -2.43. The Kier molecular flexibility index (Phi) is 4.72. The van der Waals surface area contributed by atoms with E-state index in [1.807, 2.05) is 0 Å². The fraction of sp³-hybridized carbons (Fsp3) is 0.600. The third-order valence-corrected chi connectivity index (χ3v) is 7.31. The summed E-state index contributed by atoms with van der Waals surface area (Å²) in [7, 11) is -3.11. The first-order valence-electron chi connectivity index (χ1n) is 7.99. The molecule has 0 amide bonds. The van der Waals surface area contributed by atoms with E-state index in [1.54, 1.807) is 17.3 Å². The fourth-order valence-electron chi connectivity index (χ4n) is 3.03. The molecule has 1 aromatic carbocycles. The summed E-state index contributed by atoms with van der Waals surface area (Å²) in [4.78, 5) is 10.5. The van der Waals surface area contributed by atoms with E-state index in [-0.39, 0.29) is 17.0 Å². The number of rotatable bonds is 5. The number of aryl methyl sites for hydroxylation is 1. The number of piperidine rings is 1. The van der Waals surface area contributed by atoms with Crippen LogP contribution >= 0.6 is 11.6 Å². The van der Waals surface area contributed by atoms with Crippen LogP contribution in [0.4, 0.5) is 11.4 Å². The first-order valence-corrected chi connectivity index (χ1v) is 9.87. The van der Waals surface area contributed by atoms with Crippen LogP contribution < -0.4 is 5.32 Å². The highest BCUT2D eigenvalue weighted by molar-refractivity contribution is 7.90. The molecule has 0 aromatic heterocycles. The SMILES string of the molecule is Cc1cc(NC2CCN(S(=O)(=O)C3CC3)CC2)c(Cl)cc1[N+](=O)[O-]. The largest absolute Gasteiger partial charge is 0.381 e. The monoisotopic (exact) mass is 373 g/mol. The van der Waals surface area contributed by atoms with Crippen molar-refractivity contribution in [3.63, 3.8) is 0 Å². The zero-order valence-corrected chi connectivity index (χ0v) is 14.9. The molecule has 7 nitrogen and oxygen atoms in total. The van der Waals surface area contributed by atoms with E-state index in [0.29, 0.717) is 42.2 Å². The molecule has 9 heteroatoms. The third-order valence-electron chi connectivity index (χ3n) is 4.60. The number of hydrogen-bond donors (Lipinski definition) is 1. The van der Waals surface area contributed by atoms with Crippen molar-refractivity contribution in [1.29, 1.82) is 0 Å². The second-order valence-electron chi connectivity index (χ2n) is 6.44. The Morgan fingerprint density at radius 1 is 1.25 bits per heavy atom. The molecule has 0 radical (unpaired) electrons. The van der Waals surface area contributed by atoms with Gasteiger partial charge in [0.1, 0.15) is 0 Å². The molecule has 2 aliphatic rings. The van der Waals surface area contributed by atoms with E-state index in [9.17, 15) is 18.5 Å². The van der Waals surface area contributed by atoms with Crippen LogP contribution in [0.15, 0.2) is 12.1 Å². The van der Waals surface area contributed by atoms with Gasteiger partial charge in [-0.05, 0) is 38.7 Å². The molecule has 1 aromatic rings. The maximum absolute atomic E-state index is 12.2. The second kappa shape index (κ2) is 6.50. The smallest absolute Gasteiger partial charge is 0.273 e. The van der Waals surface area contributed by atoms with Crippen molar-refractivity contribution in [2.75, 3.05) is 18.4 Å². The predicted molar refractivity (Wildman–Crippen MR) is 93.0 cm³/mol. The Balaban J connectivity index is 1.64. The molecular weight excluding hydrogens is 354 g/mol. The lowest BCUT2D eigenvalue weighted by Gasteiger charge is -2.32. The minimum Gasteiger partial charge on any atom is -0.381 e. The van der Waals surface area contributed by atoms with E-state index < -0.39 is 14.9 Å². The van der Waals surface area contributed by atoms with Crippen molar-refractivity contribution >= 4 is 33.0 Å². The summed E-state index contributed by atoms with van der Waals surface area (Å²) < 4.78 is 26.1. The number of nitrogens with one attached hydrogen (secondary N) is 1. The molecule has 0 atom stereocenters. The zero-order chi connectivity index (χ0) is 17.5. The molecule has 0 spiro atoms. The number of nitrogens with zero attached hydrogens (tertiary/aromatic N) is 2. The van der Waals surface area contributed by atoms with Gasteiger partial charge in [-0.15, -0.1) is 0 Å². The Hall–Kier alpha value is -1.38. The van der Waals surface area contributed by atoms with Gasteiger partial charge in [0, 0.05) is 30.8 Å². The summed E-state index contributed by atoms with van der Waals surface area (Å²) in [5.41, 5.74) is 1.19. The maximum Gasteiger partial charge on any atom is 0.273 e. The van der Waals surface area contributed by atoms with Crippen LogP contribution in [-0.2, 0) is 10.0 Å². The van der Waals surface area contributed by atoms with Crippen molar-refractivity contribution in [2.24, 2.45) is 0 Å². The standard InChI is InChI=1S/C15H20ClN3O4S/c1-10-8-14(13(16)9-15(10)19(20)21)17-11-4-6-18(7-5-11)24(22,23)12-2-3-12/h8-9,11-12,17H,2-7H2,1H3. The minimum atomic E-state index is -3.11. The van der Waals surface area contributed by atoms with Gasteiger partial charge in [0.2, 0.25) is 10.0 Å². The number of nitro groups is 1. The van der Waals surface area contributed by atoms with Crippen LogP contribution in [0.2, 0.25) is 5.02 Å². The van der Waals surface area contributed by atoms with Gasteiger partial charge in [-0.25, -0.2) is 12.7 Å². The molecule has 132 valence electrons. The van der Waals surface area contributed by atoms with Gasteiger partial charge in [0.15, 0.2) is 0 Å². The van der Waals surface area contributed by atoms with Gasteiger partial charge in [-0.1, -0.05) is 11.6 Å². The average molecular weight is 374 g/mol. The van der Waals surface area contributed by atoms with Crippen molar-refractivity contribution in [3.05, 3.63) is 32.8 Å². The zero-order valence-electron chi connectivity index (χ0n) is 13.4. The summed E-state index contributed by atoms with van der Waals surface area (Å²) in [6.45, 7) is 2.67. The van der Waals surface area contributed by atoms with Crippen LogP contribution in [0.25, 0.3) is 0 Å². The highest BCUT2D eigenvalue weighted by atomic mass is 35.5. The van der Waals surface area contributed by atoms with Crippen LogP contribution in [0.1, 0.15) is 31.2 Å². The van der Waals surface area contributed by atoms with Gasteiger partial charge >= 0.3 is 0 Å². The van der Waals surface area contributed by atoms with E-state index in [4.69, 9.17) is 11.6 Å². The van der Waals surface area contributed by atoms with Crippen molar-refractivity contribution in [3.8, 4) is 0 Å². The van der Waals surface area contributed by atoms with E-state index in [1.165, 1.54) is 6.07 Å². The summed E-state index contributed by atoms with van der Waals surface area (Å²) in [5, 5.41) is 14.4. The number of nitro benzene ring substituents is 1. The fourth-order valence-corrected chi connectivity index (χ4v) is 5.12. The highest BCUT2D eigenvalue weighted by Crippen LogP contribution is 2.34. The lowest BCUT2D eigenvalue weighted by molar-refractivity contribution is -0.385. The summed E-state index contributed by atoms with van der Waals surface area (Å²) in [6, 6.07) is 3.13. The van der Waals surface area contributed by atoms with Gasteiger partial charge in [-0.3, -0.25) is 10.1 Å². The number of anilines is 1. The second-order valence-corrected chi connectivity index (χ2v) is 9.06. The summed E-state index contributed by atoms with van der Waals surface area (Å²) >= 11 is 6.14. The molecule has 0 unspecified atom stereocenters. The first kappa shape index (κ1) is 17.4. The van der Waals surface area contributed by atoms with Crippen LogP contribution in [-0.4, -0.2) is 42.0 Å². The quantitative estimate of drug-likeness (QED) is 0.632. The summed E-state index contributed by atoms with van der Waals surface area (Å²) in [5.74, 6) is 0. The van der Waals surface area contributed by atoms with E-state index in [0.717, 1.165) is 12.8 Å². The number of halogens is 1. The maximum atomic E-state index is 12.2. The van der Waals surface area contributed by atoms with Crippen LogP contribution in [0.5, 0.6) is 0 Å². The molecule has 1 saturated heterocycles. The van der Waals surface area contributed by atoms with Crippen LogP contribution in [0, 0.1) is 17.0 Å². The Morgan fingerprint density at radius 2 is 1.88 bits per heavy atom. The normalized spacial score (nSPS) is 20.1. The topological polar surface area (TPSA) is 92.6 Å². The third kappa shape index (κ3) is 3.50. The number of sulfonamides is 1. The van der Waals surface area contributed by atoms with Crippen LogP contribution in [0.3, 0.4) is 0 Å². The number of benzene rings is 1. The molecule has 1 heterocycles. The van der Waals surface area contributed by atoms with E-state index >= 15 is 0 Å². The molecule has 0 bridgehead atoms. The lowest BCUT2D eigenvalue weighted by atomic mass is 10.1. The highest BCUT2D eigenvalue weighted by Gasteiger charge is 2.41. The summed E-state index contributed by atoms with van der Waals surface area (Å²) in [6.07, 6.45) is 2.94. The van der Waals surface area contributed by atoms with Gasteiger partial charge < -0.3 is 5.32 Å². The molecule has 1 aliphatic carbocycles. The molecule has 3 rings (SSSR count). The van der Waals surface area contributed by atoms with Gasteiger partial charge in [-0.2, -0.15) is 0 Å². The molecule has 1 aliphatic heterocycles. The van der Waals surface area contributed by atoms with E-state index in [2.05, 4.69) is 5.32 Å². The Bertz CT molecular complexity index is 756. The van der Waals surface area contributed by atoms with Gasteiger partial charge in [0.25, 0.3) is 5.69 Å². The molecule has 2 fully saturated rings. The Labute approximate surface area is 146 Å². The van der Waals surface area contributed by atoms with Gasteiger partial charge in [0.05, 0.1) is 20.9 Å². The first-order chi connectivity index (χ1) is 11.3. The minimum absolute atomic E-state index is 0.00380. The molecule has 24 heavy (non-hydrogen) atoms. The number of hydrogen-bond acceptors (Lipinski definition) is 5. The van der Waals surface area contributed by atoms with Crippen molar-refractivity contribution < 1.29 is 13.3 Å². The predicted octanol–water partition coefficient (Wildman–Crippen LogP) is 2.93. The molecular formula is C15H20ClN3O4S.